The first-order valence-corrected chi connectivity index (χ1v) is 9.56. The first-order valence-electron chi connectivity index (χ1n) is 9.56. The van der Waals surface area contributed by atoms with Crippen LogP contribution in [-0.2, 0) is 16.0 Å². The Balaban J connectivity index is 2.12. The summed E-state index contributed by atoms with van der Waals surface area (Å²) < 4.78 is 0. The molecule has 0 saturated heterocycles. The zero-order chi connectivity index (χ0) is 19.7. The molecule has 0 atom stereocenters. The first-order chi connectivity index (χ1) is 11.9. The van der Waals surface area contributed by atoms with Crippen molar-refractivity contribution in [2.24, 2.45) is 11.3 Å². The van der Waals surface area contributed by atoms with Crippen LogP contribution >= 0.6 is 0 Å². The van der Waals surface area contributed by atoms with Crippen molar-refractivity contribution in [2.45, 2.75) is 79.2 Å². The normalized spacial score (nSPS) is 23.5. The maximum absolute atomic E-state index is 12.7. The van der Waals surface area contributed by atoms with Crippen LogP contribution in [0.2, 0.25) is 0 Å². The highest BCUT2D eigenvalue weighted by molar-refractivity contribution is 5.88. The Bertz CT molecular complexity index is 669. The molecule has 4 nitrogen and oxygen atoms in total. The summed E-state index contributed by atoms with van der Waals surface area (Å²) >= 11 is 0. The predicted octanol–water partition coefficient (Wildman–Crippen LogP) is 4.33. The molecule has 2 rings (SSSR count). The van der Waals surface area contributed by atoms with E-state index in [0.29, 0.717) is 18.8 Å². The molecule has 1 aliphatic rings. The highest BCUT2D eigenvalue weighted by Gasteiger charge is 2.45. The van der Waals surface area contributed by atoms with Crippen molar-refractivity contribution in [3.05, 3.63) is 34.4 Å². The lowest BCUT2D eigenvalue weighted by atomic mass is 9.67. The van der Waals surface area contributed by atoms with Gasteiger partial charge in [0.1, 0.15) is 5.54 Å². The van der Waals surface area contributed by atoms with E-state index in [0.717, 1.165) is 29.5 Å². The number of aliphatic carboxylic acids is 1. The average Bonchev–Trinajstić information content (AvgIpc) is 2.50. The number of nitrogens with one attached hydrogen (secondary N) is 1. The smallest absolute Gasteiger partial charge is 0.329 e. The van der Waals surface area contributed by atoms with E-state index in [1.165, 1.54) is 5.56 Å². The number of carboxylic acid groups (broad SMARTS) is 1. The summed E-state index contributed by atoms with van der Waals surface area (Å²) in [6.07, 6.45) is 2.90. The maximum atomic E-state index is 12.7. The fourth-order valence-electron chi connectivity index (χ4n) is 4.33. The molecule has 1 amide bonds. The summed E-state index contributed by atoms with van der Waals surface area (Å²) in [5.41, 5.74) is 3.39. The SMILES string of the molecule is Cc1cc(C)c(CC(=O)NC2(C(=O)O)CCC(C(C)(C)C)CC2)c(C)c1. The first kappa shape index (κ1) is 20.5. The van der Waals surface area contributed by atoms with Gasteiger partial charge in [-0.1, -0.05) is 38.5 Å². The highest BCUT2D eigenvalue weighted by atomic mass is 16.4. The molecule has 1 aromatic rings. The Labute approximate surface area is 157 Å². The van der Waals surface area contributed by atoms with Gasteiger partial charge in [0.15, 0.2) is 0 Å². The lowest BCUT2D eigenvalue weighted by molar-refractivity contribution is -0.150. The van der Waals surface area contributed by atoms with Gasteiger partial charge in [0.05, 0.1) is 6.42 Å². The molecular formula is C22H33NO3. The number of hydrogen-bond acceptors (Lipinski definition) is 2. The molecular weight excluding hydrogens is 326 g/mol. The van der Waals surface area contributed by atoms with Crippen molar-refractivity contribution in [3.8, 4) is 0 Å². The summed E-state index contributed by atoms with van der Waals surface area (Å²) in [6.45, 7) is 12.7. The van der Waals surface area contributed by atoms with Gasteiger partial charge in [0, 0.05) is 0 Å². The molecule has 1 saturated carbocycles. The monoisotopic (exact) mass is 359 g/mol. The fraction of sp³-hybridized carbons (Fsp3) is 0.636. The topological polar surface area (TPSA) is 66.4 Å². The molecule has 4 heteroatoms. The number of carbonyl (C=O) groups excluding carboxylic acids is 1. The van der Waals surface area contributed by atoms with Crippen molar-refractivity contribution in [1.82, 2.24) is 5.32 Å². The number of carbonyl (C=O) groups is 2. The van der Waals surface area contributed by atoms with Gasteiger partial charge < -0.3 is 10.4 Å². The standard InChI is InChI=1S/C22H33NO3/c1-14-11-15(2)18(16(3)12-14)13-19(24)23-22(20(25)26)9-7-17(8-10-22)21(4,5)6/h11-12,17H,7-10,13H2,1-6H3,(H,23,24)(H,25,26). The average molecular weight is 360 g/mol. The van der Waals surface area contributed by atoms with Crippen molar-refractivity contribution < 1.29 is 14.7 Å². The molecule has 1 aliphatic carbocycles. The molecule has 0 heterocycles. The zero-order valence-electron chi connectivity index (χ0n) is 17.0. The number of hydrogen-bond donors (Lipinski definition) is 2. The van der Waals surface area contributed by atoms with E-state index in [-0.39, 0.29) is 17.7 Å². The summed E-state index contributed by atoms with van der Waals surface area (Å²) in [6, 6.07) is 4.13. The molecule has 2 N–H and O–H groups in total. The van der Waals surface area contributed by atoms with Gasteiger partial charge >= 0.3 is 5.97 Å². The molecule has 0 aliphatic heterocycles. The summed E-state index contributed by atoms with van der Waals surface area (Å²) in [5, 5.41) is 12.7. The van der Waals surface area contributed by atoms with E-state index in [2.05, 4.69) is 38.2 Å². The van der Waals surface area contributed by atoms with E-state index >= 15 is 0 Å². The van der Waals surface area contributed by atoms with Crippen LogP contribution in [0.4, 0.5) is 0 Å². The Hall–Kier alpha value is -1.84. The molecule has 0 spiro atoms. The third-order valence-corrected chi connectivity index (χ3v) is 6.03. The van der Waals surface area contributed by atoms with Crippen LogP contribution in [0.15, 0.2) is 12.1 Å². The van der Waals surface area contributed by atoms with E-state index in [1.54, 1.807) is 0 Å². The highest BCUT2D eigenvalue weighted by Crippen LogP contribution is 2.41. The molecule has 1 fully saturated rings. The van der Waals surface area contributed by atoms with Crippen LogP contribution in [0.1, 0.15) is 68.7 Å². The van der Waals surface area contributed by atoms with Crippen LogP contribution in [0.3, 0.4) is 0 Å². The minimum atomic E-state index is -1.12. The van der Waals surface area contributed by atoms with E-state index < -0.39 is 11.5 Å². The van der Waals surface area contributed by atoms with Crippen LogP contribution in [-0.4, -0.2) is 22.5 Å². The number of amides is 1. The summed E-state index contributed by atoms with van der Waals surface area (Å²) in [4.78, 5) is 24.7. The largest absolute Gasteiger partial charge is 0.480 e. The van der Waals surface area contributed by atoms with Gasteiger partial charge in [-0.15, -0.1) is 0 Å². The van der Waals surface area contributed by atoms with E-state index in [1.807, 2.05) is 20.8 Å². The maximum Gasteiger partial charge on any atom is 0.329 e. The van der Waals surface area contributed by atoms with Gasteiger partial charge in [-0.3, -0.25) is 4.79 Å². The quantitative estimate of drug-likeness (QED) is 0.841. The number of rotatable bonds is 4. The van der Waals surface area contributed by atoms with E-state index in [9.17, 15) is 14.7 Å². The predicted molar refractivity (Wildman–Crippen MR) is 104 cm³/mol. The Morgan fingerprint density at radius 2 is 1.62 bits per heavy atom. The Morgan fingerprint density at radius 3 is 2.04 bits per heavy atom. The minimum absolute atomic E-state index is 0.171. The Morgan fingerprint density at radius 1 is 1.12 bits per heavy atom. The number of benzene rings is 1. The van der Waals surface area contributed by atoms with E-state index in [4.69, 9.17) is 0 Å². The molecule has 0 unspecified atom stereocenters. The van der Waals surface area contributed by atoms with Gasteiger partial charge in [0.2, 0.25) is 5.91 Å². The number of aryl methyl sites for hydroxylation is 3. The fourth-order valence-corrected chi connectivity index (χ4v) is 4.33. The lowest BCUT2D eigenvalue weighted by Gasteiger charge is -2.42. The van der Waals surface area contributed by atoms with Crippen molar-refractivity contribution in [3.63, 3.8) is 0 Å². The van der Waals surface area contributed by atoms with Crippen molar-refractivity contribution in [1.29, 1.82) is 0 Å². The molecule has 0 radical (unpaired) electrons. The lowest BCUT2D eigenvalue weighted by Crippen LogP contribution is -2.57. The van der Waals surface area contributed by atoms with Crippen LogP contribution in [0.25, 0.3) is 0 Å². The number of carboxylic acids is 1. The molecule has 26 heavy (non-hydrogen) atoms. The molecule has 0 aromatic heterocycles. The third-order valence-electron chi connectivity index (χ3n) is 6.03. The molecule has 1 aromatic carbocycles. The van der Waals surface area contributed by atoms with Crippen LogP contribution < -0.4 is 5.32 Å². The van der Waals surface area contributed by atoms with Crippen molar-refractivity contribution in [2.75, 3.05) is 0 Å². The molecule has 144 valence electrons. The second-order valence-corrected chi connectivity index (χ2v) is 9.13. The van der Waals surface area contributed by atoms with Gasteiger partial charge in [-0.05, 0) is 74.5 Å². The summed E-state index contributed by atoms with van der Waals surface area (Å²) in [5.74, 6) is -0.610. The van der Waals surface area contributed by atoms with Gasteiger partial charge in [-0.2, -0.15) is 0 Å². The van der Waals surface area contributed by atoms with Crippen molar-refractivity contribution >= 4 is 11.9 Å². The Kier molecular flexibility index (Phi) is 5.84. The second-order valence-electron chi connectivity index (χ2n) is 9.13. The second kappa shape index (κ2) is 7.42. The van der Waals surface area contributed by atoms with Crippen LogP contribution in [0, 0.1) is 32.1 Å². The molecule has 0 bridgehead atoms. The zero-order valence-corrected chi connectivity index (χ0v) is 17.0. The minimum Gasteiger partial charge on any atom is -0.480 e. The van der Waals surface area contributed by atoms with Gasteiger partial charge in [0.25, 0.3) is 0 Å². The van der Waals surface area contributed by atoms with Crippen LogP contribution in [0.5, 0.6) is 0 Å². The summed E-state index contributed by atoms with van der Waals surface area (Å²) in [7, 11) is 0. The van der Waals surface area contributed by atoms with Gasteiger partial charge in [-0.25, -0.2) is 4.79 Å². The third kappa shape index (κ3) is 4.46.